The zero-order valence-corrected chi connectivity index (χ0v) is 23.0. The highest BCUT2D eigenvalue weighted by Gasteiger charge is 2.28. The number of fused-ring (bicyclic) bond motifs is 4. The minimum absolute atomic E-state index is 0.0813. The first kappa shape index (κ1) is 26.6. The first-order valence-electron chi connectivity index (χ1n) is 13.3. The van der Waals surface area contributed by atoms with E-state index in [1.165, 1.54) is 10.8 Å². The van der Waals surface area contributed by atoms with E-state index in [9.17, 15) is 19.1 Å². The molecule has 5 heterocycles. The van der Waals surface area contributed by atoms with Crippen LogP contribution in [-0.2, 0) is 7.05 Å². The fourth-order valence-corrected chi connectivity index (χ4v) is 5.80. The van der Waals surface area contributed by atoms with Crippen molar-refractivity contribution in [1.29, 1.82) is 0 Å². The molecule has 0 saturated carbocycles. The molecule has 3 N–H and O–H groups in total. The average molecular weight is 562 g/mol. The number of nitrogens with one attached hydrogen (secondary N) is 2. The lowest BCUT2D eigenvalue weighted by molar-refractivity contribution is 0.0695. The zero-order valence-electron chi connectivity index (χ0n) is 23.0. The van der Waals surface area contributed by atoms with Crippen molar-refractivity contribution in [3.05, 3.63) is 58.1 Å². The normalized spacial score (nSPS) is 14.6. The van der Waals surface area contributed by atoms with Crippen LogP contribution in [0.2, 0.25) is 0 Å². The van der Waals surface area contributed by atoms with Gasteiger partial charge in [-0.1, -0.05) is 0 Å². The molecule has 0 amide bonds. The number of aromatic amines is 1. The maximum Gasteiger partial charge on any atom is 0.341 e. The number of carboxylic acids is 1. The standard InChI is InChI=1S/C29H29F2N7O3/c1-14(2)37-5-7-38(8-6-37)25-17(15-9-16-26(39)18(29(40)41)13-36(4)28(16)34-11-15)12-33-27-22(25)21-23(31)19(30)10-20(32-3)24(21)35-27/h9-14,32H,5-8H2,1-4H3,(H,33,35)(H,40,41). The Labute approximate surface area is 233 Å². The molecule has 1 aromatic carbocycles. The summed E-state index contributed by atoms with van der Waals surface area (Å²) in [6.45, 7) is 7.04. The van der Waals surface area contributed by atoms with E-state index in [1.54, 1.807) is 32.6 Å². The van der Waals surface area contributed by atoms with E-state index in [2.05, 4.69) is 43.9 Å². The van der Waals surface area contributed by atoms with Crippen LogP contribution in [0.5, 0.6) is 0 Å². The molecule has 0 aliphatic carbocycles. The zero-order chi connectivity index (χ0) is 29.2. The number of aromatic nitrogens is 4. The van der Waals surface area contributed by atoms with E-state index in [4.69, 9.17) is 0 Å². The molecule has 0 unspecified atom stereocenters. The second kappa shape index (κ2) is 9.81. The van der Waals surface area contributed by atoms with Gasteiger partial charge in [0.15, 0.2) is 11.6 Å². The van der Waals surface area contributed by atoms with E-state index in [1.807, 2.05) is 0 Å². The summed E-state index contributed by atoms with van der Waals surface area (Å²) in [7, 11) is 3.26. The maximum absolute atomic E-state index is 15.6. The molecular formula is C29H29F2N7O3. The van der Waals surface area contributed by atoms with Gasteiger partial charge >= 0.3 is 5.97 Å². The molecule has 1 aliphatic rings. The van der Waals surface area contributed by atoms with Crippen LogP contribution in [0.4, 0.5) is 20.2 Å². The summed E-state index contributed by atoms with van der Waals surface area (Å²) in [5, 5.41) is 13.1. The van der Waals surface area contributed by atoms with E-state index in [0.717, 1.165) is 19.2 Å². The number of halogens is 2. The molecule has 4 aromatic heterocycles. The minimum atomic E-state index is -1.33. The van der Waals surface area contributed by atoms with Gasteiger partial charge in [0.2, 0.25) is 5.43 Å². The summed E-state index contributed by atoms with van der Waals surface area (Å²) in [6, 6.07) is 3.06. The molecule has 41 heavy (non-hydrogen) atoms. The van der Waals surface area contributed by atoms with E-state index >= 15 is 4.39 Å². The summed E-state index contributed by atoms with van der Waals surface area (Å²) in [6.07, 6.45) is 4.46. The molecule has 0 radical (unpaired) electrons. The van der Waals surface area contributed by atoms with E-state index in [-0.39, 0.29) is 16.3 Å². The number of rotatable bonds is 5. The van der Waals surface area contributed by atoms with Gasteiger partial charge in [-0.15, -0.1) is 0 Å². The number of pyridine rings is 3. The van der Waals surface area contributed by atoms with Crippen molar-refractivity contribution in [1.82, 2.24) is 24.4 Å². The van der Waals surface area contributed by atoms with Gasteiger partial charge in [-0.05, 0) is 19.9 Å². The monoisotopic (exact) mass is 561 g/mol. The Hall–Kier alpha value is -4.58. The fraction of sp³-hybridized carbons (Fsp3) is 0.310. The molecule has 212 valence electrons. The van der Waals surface area contributed by atoms with Gasteiger partial charge < -0.3 is 24.9 Å². The summed E-state index contributed by atoms with van der Waals surface area (Å²) in [5.74, 6) is -3.30. The summed E-state index contributed by atoms with van der Waals surface area (Å²) in [5.41, 5.74) is 2.20. The largest absolute Gasteiger partial charge is 0.477 e. The Morgan fingerprint density at radius 1 is 1.10 bits per heavy atom. The predicted octanol–water partition coefficient (Wildman–Crippen LogP) is 4.18. The average Bonchev–Trinajstić information content (AvgIpc) is 3.36. The van der Waals surface area contributed by atoms with Crippen LogP contribution >= 0.6 is 0 Å². The number of piperazine rings is 1. The van der Waals surface area contributed by atoms with E-state index < -0.39 is 23.0 Å². The quantitative estimate of drug-likeness (QED) is 0.293. The number of benzene rings is 1. The maximum atomic E-state index is 15.6. The van der Waals surface area contributed by atoms with E-state index in [0.29, 0.717) is 63.8 Å². The summed E-state index contributed by atoms with van der Waals surface area (Å²) >= 11 is 0. The number of hydrogen-bond acceptors (Lipinski definition) is 7. The van der Waals surface area contributed by atoms with Crippen molar-refractivity contribution in [3.8, 4) is 11.1 Å². The van der Waals surface area contributed by atoms with Crippen molar-refractivity contribution >= 4 is 50.3 Å². The van der Waals surface area contributed by atoms with Crippen molar-refractivity contribution in [2.24, 2.45) is 7.05 Å². The van der Waals surface area contributed by atoms with Crippen LogP contribution in [0.3, 0.4) is 0 Å². The summed E-state index contributed by atoms with van der Waals surface area (Å²) < 4.78 is 31.9. The van der Waals surface area contributed by atoms with Crippen LogP contribution in [-0.4, -0.2) is 74.8 Å². The van der Waals surface area contributed by atoms with Crippen LogP contribution in [0.15, 0.2) is 35.5 Å². The minimum Gasteiger partial charge on any atom is -0.477 e. The fourth-order valence-electron chi connectivity index (χ4n) is 5.80. The Morgan fingerprint density at radius 3 is 2.49 bits per heavy atom. The highest BCUT2D eigenvalue weighted by atomic mass is 19.2. The second-order valence-corrected chi connectivity index (χ2v) is 10.6. The Bertz CT molecular complexity index is 1920. The third-order valence-electron chi connectivity index (χ3n) is 7.95. The Morgan fingerprint density at radius 2 is 1.83 bits per heavy atom. The first-order chi connectivity index (χ1) is 19.6. The van der Waals surface area contributed by atoms with Crippen molar-refractivity contribution in [3.63, 3.8) is 0 Å². The topological polar surface area (TPSA) is 119 Å². The number of aryl methyl sites for hydroxylation is 1. The molecule has 0 spiro atoms. The van der Waals surface area contributed by atoms with Crippen LogP contribution < -0.4 is 15.6 Å². The third kappa shape index (κ3) is 4.17. The Kier molecular flexibility index (Phi) is 6.37. The third-order valence-corrected chi connectivity index (χ3v) is 7.95. The van der Waals surface area contributed by atoms with Crippen molar-refractivity contribution in [2.75, 3.05) is 43.4 Å². The van der Waals surface area contributed by atoms with Gasteiger partial charge in [-0.25, -0.2) is 23.5 Å². The molecule has 0 atom stereocenters. The predicted molar refractivity (Wildman–Crippen MR) is 155 cm³/mol. The molecule has 1 saturated heterocycles. The molecule has 5 aromatic rings. The number of nitrogens with zero attached hydrogens (tertiary/aromatic N) is 5. The lowest BCUT2D eigenvalue weighted by Crippen LogP contribution is -2.49. The van der Waals surface area contributed by atoms with Crippen LogP contribution in [0.1, 0.15) is 24.2 Å². The molecule has 1 aliphatic heterocycles. The molecule has 6 rings (SSSR count). The van der Waals surface area contributed by atoms with Gasteiger partial charge in [0.25, 0.3) is 0 Å². The highest BCUT2D eigenvalue weighted by molar-refractivity contribution is 6.18. The lowest BCUT2D eigenvalue weighted by Gasteiger charge is -2.39. The number of aromatic carboxylic acids is 1. The summed E-state index contributed by atoms with van der Waals surface area (Å²) in [4.78, 5) is 41.6. The molecule has 0 bridgehead atoms. The SMILES string of the molecule is CNc1cc(F)c(F)c2c1[nH]c1ncc(-c3cnc4c(c3)c(=O)c(C(=O)O)cn4C)c(N3CCN(C(C)C)CC3)c12. The number of hydrogen-bond donors (Lipinski definition) is 3. The molecular weight excluding hydrogens is 532 g/mol. The first-order valence-corrected chi connectivity index (χ1v) is 13.3. The van der Waals surface area contributed by atoms with Gasteiger partial charge in [0.1, 0.15) is 16.9 Å². The number of carboxylic acid groups (broad SMARTS) is 1. The Balaban J connectivity index is 1.67. The van der Waals surface area contributed by atoms with Crippen LogP contribution in [0, 0.1) is 11.6 Å². The molecule has 12 heteroatoms. The number of anilines is 2. The highest BCUT2D eigenvalue weighted by Crippen LogP contribution is 2.43. The number of carbonyl (C=O) groups is 1. The molecule has 10 nitrogen and oxygen atoms in total. The second-order valence-electron chi connectivity index (χ2n) is 10.6. The smallest absolute Gasteiger partial charge is 0.341 e. The van der Waals surface area contributed by atoms with Gasteiger partial charge in [0.05, 0.1) is 33.1 Å². The lowest BCUT2D eigenvalue weighted by atomic mass is 10.0. The van der Waals surface area contributed by atoms with Crippen LogP contribution in [0.25, 0.3) is 44.1 Å². The van der Waals surface area contributed by atoms with Gasteiger partial charge in [0, 0.05) is 82.1 Å². The van der Waals surface area contributed by atoms with Gasteiger partial charge in [-0.3, -0.25) is 9.69 Å². The molecule has 1 fully saturated rings. The van der Waals surface area contributed by atoms with Crippen molar-refractivity contribution in [2.45, 2.75) is 19.9 Å². The number of H-pyrrole nitrogens is 1. The van der Waals surface area contributed by atoms with Crippen molar-refractivity contribution < 1.29 is 18.7 Å². The van der Waals surface area contributed by atoms with Gasteiger partial charge in [-0.2, -0.15) is 0 Å².